The molecule has 5 nitrogen and oxygen atoms in total. The van der Waals surface area contributed by atoms with Crippen molar-refractivity contribution in [3.8, 4) is 39.9 Å². The molecule has 0 amide bonds. The molecule has 0 aliphatic carbocycles. The SMILES string of the molecule is [2H]c1c([2H])c([2H])c(-c2nc(-c3ccc4oc5cc(-n6c7ccccc7c7ccccc76)ccc5c4c3)nc(-c3cccc4sc5ccccc5c34)n2)c([2H])c1[2H]. The third-order valence-corrected chi connectivity index (χ3v) is 10.7. The Morgan fingerprint density at radius 1 is 0.510 bits per heavy atom. The summed E-state index contributed by atoms with van der Waals surface area (Å²) < 4.78 is 53.5. The Kier molecular flexibility index (Phi) is 5.08. The summed E-state index contributed by atoms with van der Waals surface area (Å²) in [5.41, 5.74) is 5.94. The molecule has 51 heavy (non-hydrogen) atoms. The summed E-state index contributed by atoms with van der Waals surface area (Å²) in [6, 6.07) is 40.8. The summed E-state index contributed by atoms with van der Waals surface area (Å²) in [7, 11) is 0. The maximum absolute atomic E-state index is 8.79. The molecule has 0 aliphatic heterocycles. The van der Waals surface area contributed by atoms with Crippen molar-refractivity contribution in [3.05, 3.63) is 158 Å². The third-order valence-electron chi connectivity index (χ3n) is 9.55. The van der Waals surface area contributed by atoms with Crippen LogP contribution in [-0.2, 0) is 0 Å². The van der Waals surface area contributed by atoms with E-state index in [9.17, 15) is 0 Å². The first kappa shape index (κ1) is 23.7. The third kappa shape index (κ3) is 4.37. The van der Waals surface area contributed by atoms with Gasteiger partial charge in [-0.2, -0.15) is 0 Å². The van der Waals surface area contributed by atoms with Gasteiger partial charge in [-0.25, -0.2) is 15.0 Å². The van der Waals surface area contributed by atoms with E-state index in [1.807, 2.05) is 42.5 Å². The van der Waals surface area contributed by atoms with Gasteiger partial charge in [0.15, 0.2) is 17.5 Å². The second-order valence-electron chi connectivity index (χ2n) is 12.4. The number of hydrogen-bond acceptors (Lipinski definition) is 5. The summed E-state index contributed by atoms with van der Waals surface area (Å²) in [5.74, 6) is 0.622. The molecule has 238 valence electrons. The Bertz CT molecular complexity index is 3380. The number of aromatic nitrogens is 4. The zero-order valence-electron chi connectivity index (χ0n) is 31.7. The van der Waals surface area contributed by atoms with Crippen LogP contribution >= 0.6 is 11.3 Å². The van der Waals surface area contributed by atoms with Gasteiger partial charge in [-0.1, -0.05) is 96.9 Å². The van der Waals surface area contributed by atoms with Gasteiger partial charge in [-0.05, 0) is 54.6 Å². The predicted octanol–water partition coefficient (Wildman–Crippen LogP) is 12.2. The molecule has 0 saturated heterocycles. The van der Waals surface area contributed by atoms with Gasteiger partial charge in [0.1, 0.15) is 11.2 Å². The fraction of sp³-hybridized carbons (Fsp3) is 0. The lowest BCUT2D eigenvalue weighted by Gasteiger charge is -2.09. The zero-order chi connectivity index (χ0) is 37.8. The highest BCUT2D eigenvalue weighted by atomic mass is 32.1. The maximum atomic E-state index is 8.79. The number of para-hydroxylation sites is 2. The Morgan fingerprint density at radius 3 is 2.00 bits per heavy atom. The molecular formula is C45H26N4OS. The van der Waals surface area contributed by atoms with E-state index in [-0.39, 0.29) is 23.5 Å². The van der Waals surface area contributed by atoms with Crippen molar-refractivity contribution in [3.63, 3.8) is 0 Å². The highest BCUT2D eigenvalue weighted by Gasteiger charge is 2.19. The second-order valence-corrected chi connectivity index (χ2v) is 13.5. The van der Waals surface area contributed by atoms with Crippen molar-refractivity contribution in [2.24, 2.45) is 0 Å². The van der Waals surface area contributed by atoms with Crippen LogP contribution < -0.4 is 0 Å². The van der Waals surface area contributed by atoms with E-state index >= 15 is 0 Å². The molecule has 0 N–H and O–H groups in total. The van der Waals surface area contributed by atoms with Crippen LogP contribution in [-0.4, -0.2) is 19.5 Å². The van der Waals surface area contributed by atoms with Crippen molar-refractivity contribution < 1.29 is 11.3 Å². The first-order chi connectivity index (χ1) is 27.3. The molecule has 0 fully saturated rings. The van der Waals surface area contributed by atoms with E-state index in [1.54, 1.807) is 11.3 Å². The Morgan fingerprint density at radius 2 is 1.20 bits per heavy atom. The molecule has 11 rings (SSSR count). The van der Waals surface area contributed by atoms with E-state index in [4.69, 9.17) is 26.2 Å². The minimum Gasteiger partial charge on any atom is -0.456 e. The molecule has 0 unspecified atom stereocenters. The van der Waals surface area contributed by atoms with E-state index < -0.39 is 18.1 Å². The molecule has 7 aromatic carbocycles. The van der Waals surface area contributed by atoms with Crippen LogP contribution in [0, 0.1) is 0 Å². The van der Waals surface area contributed by atoms with Crippen LogP contribution in [0.5, 0.6) is 0 Å². The molecule has 11 aromatic rings. The summed E-state index contributed by atoms with van der Waals surface area (Å²) in [4.78, 5) is 14.7. The van der Waals surface area contributed by atoms with E-state index in [2.05, 4.69) is 89.5 Å². The van der Waals surface area contributed by atoms with E-state index in [0.717, 1.165) is 58.8 Å². The Balaban J connectivity index is 1.12. The highest BCUT2D eigenvalue weighted by Crippen LogP contribution is 2.40. The number of furan rings is 1. The van der Waals surface area contributed by atoms with Crippen molar-refractivity contribution in [1.82, 2.24) is 19.5 Å². The first-order valence-electron chi connectivity index (χ1n) is 19.0. The van der Waals surface area contributed by atoms with Gasteiger partial charge in [0.2, 0.25) is 0 Å². The van der Waals surface area contributed by atoms with Gasteiger partial charge in [0.05, 0.1) is 17.9 Å². The van der Waals surface area contributed by atoms with Crippen molar-refractivity contribution in [2.75, 3.05) is 0 Å². The summed E-state index contributed by atoms with van der Waals surface area (Å²) in [6.45, 7) is 0. The van der Waals surface area contributed by atoms with Crippen LogP contribution in [0.15, 0.2) is 162 Å². The van der Waals surface area contributed by atoms with Crippen molar-refractivity contribution >= 4 is 75.3 Å². The van der Waals surface area contributed by atoms with Crippen LogP contribution in [0.25, 0.3) is 104 Å². The average molecular weight is 676 g/mol. The maximum Gasteiger partial charge on any atom is 0.164 e. The number of nitrogens with zero attached hydrogens (tertiary/aromatic N) is 4. The number of rotatable bonds is 4. The predicted molar refractivity (Wildman–Crippen MR) is 211 cm³/mol. The smallest absolute Gasteiger partial charge is 0.164 e. The number of fused-ring (bicyclic) bond motifs is 9. The van der Waals surface area contributed by atoms with Gasteiger partial charge >= 0.3 is 0 Å². The molecule has 0 bridgehead atoms. The Labute approximate surface area is 302 Å². The van der Waals surface area contributed by atoms with Gasteiger partial charge in [-0.15, -0.1) is 11.3 Å². The molecule has 6 heteroatoms. The molecule has 0 aliphatic rings. The average Bonchev–Trinajstić information content (AvgIpc) is 3.91. The summed E-state index contributed by atoms with van der Waals surface area (Å²) in [6.07, 6.45) is 0. The van der Waals surface area contributed by atoms with Crippen LogP contribution in [0.1, 0.15) is 6.85 Å². The van der Waals surface area contributed by atoms with Crippen molar-refractivity contribution in [1.29, 1.82) is 0 Å². The topological polar surface area (TPSA) is 56.7 Å². The molecule has 0 atom stereocenters. The number of thiophene rings is 1. The van der Waals surface area contributed by atoms with Gasteiger partial charge in [0.25, 0.3) is 0 Å². The molecule has 4 aromatic heterocycles. The van der Waals surface area contributed by atoms with Gasteiger partial charge in [0, 0.05) is 70.2 Å². The molecule has 0 radical (unpaired) electrons. The summed E-state index contributed by atoms with van der Waals surface area (Å²) >= 11 is 1.67. The summed E-state index contributed by atoms with van der Waals surface area (Å²) in [5, 5.41) is 6.18. The molecule has 4 heterocycles. The van der Waals surface area contributed by atoms with Gasteiger partial charge in [-0.3, -0.25) is 0 Å². The van der Waals surface area contributed by atoms with Crippen LogP contribution in [0.3, 0.4) is 0 Å². The second kappa shape index (κ2) is 10.9. The monoisotopic (exact) mass is 675 g/mol. The lowest BCUT2D eigenvalue weighted by molar-refractivity contribution is 0.668. The van der Waals surface area contributed by atoms with Gasteiger partial charge < -0.3 is 8.98 Å². The number of benzene rings is 7. The highest BCUT2D eigenvalue weighted by molar-refractivity contribution is 7.25. The van der Waals surface area contributed by atoms with E-state index in [0.29, 0.717) is 22.8 Å². The fourth-order valence-corrected chi connectivity index (χ4v) is 8.44. The molecule has 0 saturated carbocycles. The first-order valence-corrected chi connectivity index (χ1v) is 17.3. The standard InChI is InChI=1S/C45H26N4OS/c1-2-11-27(12-3-1)43-46-44(48-45(47-43)34-16-10-20-41-42(34)33-15-6-9-19-40(33)51-41)28-21-24-38-35(25-28)32-23-22-29(26-39(32)50-38)49-36-17-7-4-13-30(36)31-14-5-8-18-37(31)49/h1-26H/i1D,2D,3D,11D,12D. The fourth-order valence-electron chi connectivity index (χ4n) is 7.30. The lowest BCUT2D eigenvalue weighted by atomic mass is 10.1. The van der Waals surface area contributed by atoms with E-state index in [1.165, 1.54) is 10.8 Å². The number of hydrogen-bond donors (Lipinski definition) is 0. The Hall–Kier alpha value is -6.63. The minimum absolute atomic E-state index is 0.00787. The molecular weight excluding hydrogens is 645 g/mol. The normalized spacial score (nSPS) is 13.3. The van der Waals surface area contributed by atoms with Crippen LogP contribution in [0.4, 0.5) is 0 Å². The lowest BCUT2D eigenvalue weighted by Crippen LogP contribution is -2.00. The van der Waals surface area contributed by atoms with Crippen molar-refractivity contribution in [2.45, 2.75) is 0 Å². The zero-order valence-corrected chi connectivity index (χ0v) is 27.5. The van der Waals surface area contributed by atoms with Crippen LogP contribution in [0.2, 0.25) is 0 Å². The quantitative estimate of drug-likeness (QED) is 0.186. The minimum atomic E-state index is -0.480. The largest absolute Gasteiger partial charge is 0.456 e. The molecule has 0 spiro atoms.